The summed E-state index contributed by atoms with van der Waals surface area (Å²) < 4.78 is 8.25. The Balaban J connectivity index is 2.04. The molecular formula is C12H15N3OS. The number of hydrogen-bond acceptors (Lipinski definition) is 3. The number of pyridine rings is 1. The maximum absolute atomic E-state index is 5.40. The maximum Gasteiger partial charge on any atom is 0.179 e. The molecule has 4 nitrogen and oxygen atoms in total. The summed E-state index contributed by atoms with van der Waals surface area (Å²) in [6.45, 7) is 4.60. The Morgan fingerprint density at radius 1 is 1.59 bits per heavy atom. The van der Waals surface area contributed by atoms with Crippen LogP contribution in [0.1, 0.15) is 12.1 Å². The van der Waals surface area contributed by atoms with E-state index in [-0.39, 0.29) is 0 Å². The van der Waals surface area contributed by atoms with Crippen LogP contribution < -0.4 is 0 Å². The molecule has 1 aliphatic heterocycles. The second-order valence-electron chi connectivity index (χ2n) is 4.59. The number of aryl methyl sites for hydroxylation is 1. The third-order valence-electron chi connectivity index (χ3n) is 3.22. The van der Waals surface area contributed by atoms with Crippen molar-refractivity contribution in [3.05, 3.63) is 22.6 Å². The molecule has 5 heteroatoms. The molecule has 3 heterocycles. The van der Waals surface area contributed by atoms with Gasteiger partial charge < -0.3 is 14.3 Å². The molecule has 3 rings (SSSR count). The van der Waals surface area contributed by atoms with E-state index in [0.717, 1.165) is 47.8 Å². The number of hydrogen-bond donors (Lipinski definition) is 1. The van der Waals surface area contributed by atoms with Crippen molar-refractivity contribution in [2.75, 3.05) is 13.2 Å². The fraction of sp³-hybridized carbons (Fsp3) is 0.500. The summed E-state index contributed by atoms with van der Waals surface area (Å²) in [5, 5.41) is 0. The highest BCUT2D eigenvalue weighted by Crippen LogP contribution is 2.19. The van der Waals surface area contributed by atoms with Crippen LogP contribution >= 0.6 is 12.2 Å². The van der Waals surface area contributed by atoms with Crippen LogP contribution in [-0.2, 0) is 11.3 Å². The van der Waals surface area contributed by atoms with Crippen molar-refractivity contribution in [3.63, 3.8) is 0 Å². The van der Waals surface area contributed by atoms with E-state index < -0.39 is 0 Å². The minimum absolute atomic E-state index is 0.558. The van der Waals surface area contributed by atoms with Gasteiger partial charge in [0.25, 0.3) is 0 Å². The molecule has 0 spiro atoms. The number of aromatic nitrogens is 3. The Morgan fingerprint density at radius 3 is 3.24 bits per heavy atom. The molecular weight excluding hydrogens is 234 g/mol. The molecule has 2 aromatic heterocycles. The van der Waals surface area contributed by atoms with E-state index in [0.29, 0.717) is 5.92 Å². The average molecular weight is 249 g/mol. The molecule has 1 unspecified atom stereocenters. The highest BCUT2D eigenvalue weighted by molar-refractivity contribution is 7.71. The Labute approximate surface area is 105 Å². The first kappa shape index (κ1) is 10.9. The van der Waals surface area contributed by atoms with Gasteiger partial charge in [-0.1, -0.05) is 0 Å². The predicted molar refractivity (Wildman–Crippen MR) is 68.6 cm³/mol. The Hall–Kier alpha value is -1.20. The van der Waals surface area contributed by atoms with Crippen LogP contribution in [0.3, 0.4) is 0 Å². The molecule has 0 radical (unpaired) electrons. The van der Waals surface area contributed by atoms with Crippen molar-refractivity contribution in [1.82, 2.24) is 14.5 Å². The van der Waals surface area contributed by atoms with Gasteiger partial charge in [0.1, 0.15) is 0 Å². The molecule has 0 aliphatic carbocycles. The first-order valence-electron chi connectivity index (χ1n) is 5.88. The quantitative estimate of drug-likeness (QED) is 0.831. The summed E-state index contributed by atoms with van der Waals surface area (Å²) in [7, 11) is 0. The zero-order chi connectivity index (χ0) is 11.8. The third kappa shape index (κ3) is 2.00. The van der Waals surface area contributed by atoms with Gasteiger partial charge in [-0.2, -0.15) is 0 Å². The Morgan fingerprint density at radius 2 is 2.47 bits per heavy atom. The maximum atomic E-state index is 5.40. The lowest BCUT2D eigenvalue weighted by Crippen LogP contribution is -2.11. The van der Waals surface area contributed by atoms with Gasteiger partial charge in [0.15, 0.2) is 10.4 Å². The number of nitrogens with one attached hydrogen (secondary N) is 1. The van der Waals surface area contributed by atoms with Gasteiger partial charge in [-0.25, -0.2) is 4.98 Å². The molecule has 17 heavy (non-hydrogen) atoms. The van der Waals surface area contributed by atoms with E-state index in [1.807, 2.05) is 19.1 Å². The molecule has 1 saturated heterocycles. The molecule has 90 valence electrons. The van der Waals surface area contributed by atoms with Gasteiger partial charge in [0.05, 0.1) is 12.1 Å². The Kier molecular flexibility index (Phi) is 2.72. The summed E-state index contributed by atoms with van der Waals surface area (Å²) in [6, 6.07) is 4.03. The average Bonchev–Trinajstić information content (AvgIpc) is 2.90. The van der Waals surface area contributed by atoms with Crippen molar-refractivity contribution in [2.24, 2.45) is 5.92 Å². The van der Waals surface area contributed by atoms with E-state index in [2.05, 4.69) is 14.5 Å². The van der Waals surface area contributed by atoms with Gasteiger partial charge in [-0.15, -0.1) is 0 Å². The van der Waals surface area contributed by atoms with Crippen LogP contribution in [0.5, 0.6) is 0 Å². The predicted octanol–water partition coefficient (Wildman–Crippen LogP) is 2.44. The first-order chi connectivity index (χ1) is 8.24. The molecule has 1 aliphatic rings. The monoisotopic (exact) mass is 249 g/mol. The van der Waals surface area contributed by atoms with Crippen LogP contribution in [0.15, 0.2) is 12.1 Å². The van der Waals surface area contributed by atoms with Crippen LogP contribution in [-0.4, -0.2) is 27.7 Å². The van der Waals surface area contributed by atoms with Crippen molar-refractivity contribution in [2.45, 2.75) is 19.9 Å². The summed E-state index contributed by atoms with van der Waals surface area (Å²) >= 11 is 5.36. The zero-order valence-corrected chi connectivity index (χ0v) is 10.6. The number of H-pyrrole nitrogens is 1. The smallest absolute Gasteiger partial charge is 0.179 e. The number of aromatic amines is 1. The van der Waals surface area contributed by atoms with Crippen LogP contribution in [0.2, 0.25) is 0 Å². The fourth-order valence-electron chi connectivity index (χ4n) is 2.28. The van der Waals surface area contributed by atoms with Gasteiger partial charge in [0.2, 0.25) is 0 Å². The molecule has 0 bridgehead atoms. The summed E-state index contributed by atoms with van der Waals surface area (Å²) in [5.74, 6) is 0.558. The number of fused-ring (bicyclic) bond motifs is 1. The molecule has 2 aromatic rings. The molecule has 1 fully saturated rings. The third-order valence-corrected chi connectivity index (χ3v) is 3.54. The van der Waals surface area contributed by atoms with Crippen LogP contribution in [0, 0.1) is 17.6 Å². The lowest BCUT2D eigenvalue weighted by Gasteiger charge is -2.09. The van der Waals surface area contributed by atoms with Gasteiger partial charge in [-0.3, -0.25) is 0 Å². The minimum Gasteiger partial charge on any atom is -0.381 e. The van der Waals surface area contributed by atoms with Crippen LogP contribution in [0.25, 0.3) is 11.2 Å². The van der Waals surface area contributed by atoms with E-state index >= 15 is 0 Å². The summed E-state index contributed by atoms with van der Waals surface area (Å²) in [5.41, 5.74) is 2.99. The fourth-order valence-corrected chi connectivity index (χ4v) is 2.55. The van der Waals surface area contributed by atoms with Crippen LogP contribution in [0.4, 0.5) is 0 Å². The molecule has 0 saturated carbocycles. The normalized spacial score (nSPS) is 20.2. The zero-order valence-electron chi connectivity index (χ0n) is 9.77. The Bertz CT molecular complexity index is 595. The minimum atomic E-state index is 0.558. The number of imidazole rings is 1. The topological polar surface area (TPSA) is 42.8 Å². The van der Waals surface area contributed by atoms with E-state index in [1.165, 1.54) is 0 Å². The molecule has 0 amide bonds. The van der Waals surface area contributed by atoms with Crippen molar-refractivity contribution >= 4 is 23.4 Å². The highest BCUT2D eigenvalue weighted by Gasteiger charge is 2.18. The molecule has 0 aromatic carbocycles. The first-order valence-corrected chi connectivity index (χ1v) is 6.29. The van der Waals surface area contributed by atoms with Gasteiger partial charge >= 0.3 is 0 Å². The standard InChI is InChI=1S/C12H15N3OS/c1-8-2-3-10-11(13-8)15(12(17)14-10)6-9-4-5-16-7-9/h2-3,9H,4-7H2,1H3,(H,14,17). The van der Waals surface area contributed by atoms with E-state index in [1.54, 1.807) is 0 Å². The highest BCUT2D eigenvalue weighted by atomic mass is 32.1. The van der Waals surface area contributed by atoms with E-state index in [4.69, 9.17) is 17.0 Å². The van der Waals surface area contributed by atoms with Crippen molar-refractivity contribution < 1.29 is 4.74 Å². The number of ether oxygens (including phenoxy) is 1. The largest absolute Gasteiger partial charge is 0.381 e. The SMILES string of the molecule is Cc1ccc2[nH]c(=S)n(CC3CCOC3)c2n1. The van der Waals surface area contributed by atoms with Crippen molar-refractivity contribution in [3.8, 4) is 0 Å². The molecule has 1 atom stereocenters. The van der Waals surface area contributed by atoms with Gasteiger partial charge in [-0.05, 0) is 37.7 Å². The second-order valence-corrected chi connectivity index (χ2v) is 4.98. The van der Waals surface area contributed by atoms with Crippen molar-refractivity contribution in [1.29, 1.82) is 0 Å². The summed E-state index contributed by atoms with van der Waals surface area (Å²) in [6.07, 6.45) is 1.11. The lowest BCUT2D eigenvalue weighted by atomic mass is 10.1. The molecule has 1 N–H and O–H groups in total. The second kappa shape index (κ2) is 4.23. The lowest BCUT2D eigenvalue weighted by molar-refractivity contribution is 0.182. The van der Waals surface area contributed by atoms with Gasteiger partial charge in [0, 0.05) is 24.8 Å². The van der Waals surface area contributed by atoms with E-state index in [9.17, 15) is 0 Å². The summed E-state index contributed by atoms with van der Waals surface area (Å²) in [4.78, 5) is 7.77. The number of nitrogens with zero attached hydrogens (tertiary/aromatic N) is 2. The number of rotatable bonds is 2.